The van der Waals surface area contributed by atoms with Gasteiger partial charge < -0.3 is 11.1 Å². The maximum absolute atomic E-state index is 13.2. The van der Waals surface area contributed by atoms with Gasteiger partial charge in [0.25, 0.3) is 0 Å². The van der Waals surface area contributed by atoms with Crippen LogP contribution in [0.15, 0.2) is 23.1 Å². The molecule has 3 N–H and O–H groups in total. The number of nitrogen functional groups attached to an aromatic ring is 1. The van der Waals surface area contributed by atoms with Gasteiger partial charge in [0.05, 0.1) is 17.5 Å². The van der Waals surface area contributed by atoms with E-state index in [1.165, 1.54) is 23.9 Å². The first-order chi connectivity index (χ1) is 8.04. The van der Waals surface area contributed by atoms with Crippen LogP contribution in [0.5, 0.6) is 0 Å². The summed E-state index contributed by atoms with van der Waals surface area (Å²) in [5, 5.41) is 2.22. The molecule has 0 fully saturated rings. The van der Waals surface area contributed by atoms with E-state index in [0.29, 0.717) is 4.90 Å². The molecule has 1 atom stereocenters. The topological polar surface area (TPSA) is 55.1 Å². The van der Waals surface area contributed by atoms with Crippen molar-refractivity contribution in [2.45, 2.75) is 17.1 Å². The summed E-state index contributed by atoms with van der Waals surface area (Å²) < 4.78 is 13.2. The summed E-state index contributed by atoms with van der Waals surface area (Å²) in [6.07, 6.45) is 5.03. The van der Waals surface area contributed by atoms with E-state index in [4.69, 9.17) is 12.2 Å². The molecule has 0 aliphatic rings. The molecule has 1 unspecified atom stereocenters. The van der Waals surface area contributed by atoms with Crippen molar-refractivity contribution in [2.75, 3.05) is 12.3 Å². The van der Waals surface area contributed by atoms with Crippen molar-refractivity contribution in [2.24, 2.45) is 0 Å². The lowest BCUT2D eigenvalue weighted by Gasteiger charge is -2.10. The quantitative estimate of drug-likeness (QED) is 0.486. The Kier molecular flexibility index (Phi) is 4.85. The third-order valence-corrected chi connectivity index (χ3v) is 3.11. The SMILES string of the molecule is C#CCNC(=O)C(C)Sc1ccc(N)c(F)c1. The number of amides is 1. The average molecular weight is 252 g/mol. The molecule has 3 nitrogen and oxygen atoms in total. The lowest BCUT2D eigenvalue weighted by Crippen LogP contribution is -2.31. The normalized spacial score (nSPS) is 11.6. The molecule has 17 heavy (non-hydrogen) atoms. The molecule has 0 bridgehead atoms. The summed E-state index contributed by atoms with van der Waals surface area (Å²) >= 11 is 1.25. The first-order valence-corrected chi connectivity index (χ1v) is 5.85. The van der Waals surface area contributed by atoms with Gasteiger partial charge in [-0.05, 0) is 25.1 Å². The minimum absolute atomic E-state index is 0.0961. The van der Waals surface area contributed by atoms with Crippen molar-refractivity contribution in [3.05, 3.63) is 24.0 Å². The highest BCUT2D eigenvalue weighted by atomic mass is 32.2. The molecule has 1 amide bonds. The van der Waals surface area contributed by atoms with Crippen LogP contribution in [0, 0.1) is 18.2 Å². The van der Waals surface area contributed by atoms with Gasteiger partial charge in [0.1, 0.15) is 5.82 Å². The lowest BCUT2D eigenvalue weighted by atomic mass is 10.3. The fourth-order valence-electron chi connectivity index (χ4n) is 1.12. The van der Waals surface area contributed by atoms with Crippen LogP contribution in [0.25, 0.3) is 0 Å². The van der Waals surface area contributed by atoms with Gasteiger partial charge in [-0.15, -0.1) is 18.2 Å². The largest absolute Gasteiger partial charge is 0.396 e. The zero-order valence-corrected chi connectivity index (χ0v) is 10.2. The molecule has 1 aromatic rings. The van der Waals surface area contributed by atoms with Crippen LogP contribution in [-0.2, 0) is 4.79 Å². The lowest BCUT2D eigenvalue weighted by molar-refractivity contribution is -0.120. The number of carbonyl (C=O) groups excluding carboxylic acids is 1. The maximum Gasteiger partial charge on any atom is 0.233 e. The van der Waals surface area contributed by atoms with Gasteiger partial charge in [-0.1, -0.05) is 5.92 Å². The van der Waals surface area contributed by atoms with Crippen LogP contribution >= 0.6 is 11.8 Å². The van der Waals surface area contributed by atoms with Gasteiger partial charge in [0, 0.05) is 4.90 Å². The van der Waals surface area contributed by atoms with Gasteiger partial charge in [-0.25, -0.2) is 4.39 Å². The van der Waals surface area contributed by atoms with E-state index in [1.807, 2.05) is 0 Å². The predicted octanol–water partition coefficient (Wildman–Crippen LogP) is 1.64. The van der Waals surface area contributed by atoms with E-state index in [1.54, 1.807) is 13.0 Å². The number of nitrogens with two attached hydrogens (primary N) is 1. The smallest absolute Gasteiger partial charge is 0.233 e. The Balaban J connectivity index is 2.62. The summed E-state index contributed by atoms with van der Waals surface area (Å²) in [4.78, 5) is 12.2. The van der Waals surface area contributed by atoms with E-state index in [0.717, 1.165) is 0 Å². The number of halogens is 1. The number of thioether (sulfide) groups is 1. The van der Waals surface area contributed by atoms with E-state index >= 15 is 0 Å². The van der Waals surface area contributed by atoms with E-state index in [2.05, 4.69) is 11.2 Å². The highest BCUT2D eigenvalue weighted by Crippen LogP contribution is 2.25. The Morgan fingerprint density at radius 1 is 1.71 bits per heavy atom. The van der Waals surface area contributed by atoms with Gasteiger partial charge in [-0.3, -0.25) is 4.79 Å². The number of carbonyl (C=O) groups is 1. The van der Waals surface area contributed by atoms with Gasteiger partial charge in [-0.2, -0.15) is 0 Å². The summed E-state index contributed by atoms with van der Waals surface area (Å²) in [6.45, 7) is 1.92. The second-order valence-electron chi connectivity index (χ2n) is 3.37. The molecule has 0 aliphatic heterocycles. The third kappa shape index (κ3) is 4.00. The predicted molar refractivity (Wildman–Crippen MR) is 68.0 cm³/mol. The number of hydrogen-bond donors (Lipinski definition) is 2. The van der Waals surface area contributed by atoms with E-state index in [-0.39, 0.29) is 23.4 Å². The number of rotatable bonds is 4. The van der Waals surface area contributed by atoms with Gasteiger partial charge in [0.2, 0.25) is 5.91 Å². The molecular weight excluding hydrogens is 239 g/mol. The van der Waals surface area contributed by atoms with Crippen molar-refractivity contribution in [3.8, 4) is 12.3 Å². The van der Waals surface area contributed by atoms with Gasteiger partial charge in [0.15, 0.2) is 0 Å². The van der Waals surface area contributed by atoms with Crippen LogP contribution < -0.4 is 11.1 Å². The third-order valence-electron chi connectivity index (χ3n) is 2.02. The van der Waals surface area contributed by atoms with Crippen LogP contribution in [0.2, 0.25) is 0 Å². The summed E-state index contributed by atoms with van der Waals surface area (Å²) in [5.74, 6) is 1.66. The Morgan fingerprint density at radius 2 is 2.41 bits per heavy atom. The molecular formula is C12H13FN2OS. The van der Waals surface area contributed by atoms with Crippen molar-refractivity contribution in [3.63, 3.8) is 0 Å². The summed E-state index contributed by atoms with van der Waals surface area (Å²) in [5.41, 5.74) is 5.46. The Hall–Kier alpha value is -1.67. The molecule has 90 valence electrons. The molecule has 0 aromatic heterocycles. The van der Waals surface area contributed by atoms with Crippen LogP contribution in [0.3, 0.4) is 0 Å². The van der Waals surface area contributed by atoms with Crippen molar-refractivity contribution in [1.29, 1.82) is 0 Å². The molecule has 0 radical (unpaired) electrons. The number of hydrogen-bond acceptors (Lipinski definition) is 3. The van der Waals surface area contributed by atoms with Crippen molar-refractivity contribution >= 4 is 23.4 Å². The number of terminal acetylenes is 1. The summed E-state index contributed by atoms with van der Waals surface area (Å²) in [7, 11) is 0. The Morgan fingerprint density at radius 3 is 3.00 bits per heavy atom. The second-order valence-corrected chi connectivity index (χ2v) is 4.78. The number of benzene rings is 1. The first-order valence-electron chi connectivity index (χ1n) is 4.97. The average Bonchev–Trinajstić information content (AvgIpc) is 2.30. The molecule has 0 saturated heterocycles. The minimum Gasteiger partial charge on any atom is -0.396 e. The minimum atomic E-state index is -0.480. The highest BCUT2D eigenvalue weighted by Gasteiger charge is 2.14. The van der Waals surface area contributed by atoms with Gasteiger partial charge >= 0.3 is 0 Å². The number of nitrogens with one attached hydrogen (secondary N) is 1. The monoisotopic (exact) mass is 252 g/mol. The fraction of sp³-hybridized carbons (Fsp3) is 0.250. The molecule has 0 heterocycles. The van der Waals surface area contributed by atoms with Crippen LogP contribution in [0.4, 0.5) is 10.1 Å². The number of anilines is 1. The molecule has 0 saturated carbocycles. The zero-order valence-electron chi connectivity index (χ0n) is 9.37. The van der Waals surface area contributed by atoms with Crippen molar-refractivity contribution in [1.82, 2.24) is 5.32 Å². The molecule has 1 aromatic carbocycles. The zero-order chi connectivity index (χ0) is 12.8. The maximum atomic E-state index is 13.2. The highest BCUT2D eigenvalue weighted by molar-refractivity contribution is 8.00. The van der Waals surface area contributed by atoms with E-state index < -0.39 is 5.82 Å². The molecule has 0 aliphatic carbocycles. The fourth-order valence-corrected chi connectivity index (χ4v) is 2.04. The van der Waals surface area contributed by atoms with E-state index in [9.17, 15) is 9.18 Å². The molecule has 1 rings (SSSR count). The van der Waals surface area contributed by atoms with Crippen molar-refractivity contribution < 1.29 is 9.18 Å². The Bertz CT molecular complexity index is 456. The molecule has 0 spiro atoms. The second kappa shape index (κ2) is 6.16. The first kappa shape index (κ1) is 13.4. The van der Waals surface area contributed by atoms with Crippen LogP contribution in [-0.4, -0.2) is 17.7 Å². The Labute approximate surface area is 104 Å². The van der Waals surface area contributed by atoms with Crippen LogP contribution in [0.1, 0.15) is 6.92 Å². The summed E-state index contributed by atoms with van der Waals surface area (Å²) in [6, 6.07) is 4.46. The standard InChI is InChI=1S/C12H13FN2OS/c1-3-6-15-12(16)8(2)17-9-4-5-11(14)10(13)7-9/h1,4-5,7-8H,6,14H2,2H3,(H,15,16). The molecule has 5 heteroatoms.